The van der Waals surface area contributed by atoms with E-state index >= 15 is 0 Å². The monoisotopic (exact) mass is 447 g/mol. The molecule has 0 saturated carbocycles. The predicted octanol–water partition coefficient (Wildman–Crippen LogP) is 6.35. The van der Waals surface area contributed by atoms with E-state index in [1.54, 1.807) is 0 Å². The molecule has 2 heterocycles. The van der Waals surface area contributed by atoms with E-state index in [0.29, 0.717) is 0 Å². The fraction of sp³-hybridized carbons (Fsp3) is 0.609. The largest absolute Gasteiger partial charge is 0.492 e. The van der Waals surface area contributed by atoms with E-state index in [-0.39, 0.29) is 0 Å². The van der Waals surface area contributed by atoms with Crippen LogP contribution in [0.1, 0.15) is 70.1 Å². The van der Waals surface area contributed by atoms with Crippen LogP contribution >= 0.6 is 15.9 Å². The maximum absolute atomic E-state index is 6.00. The van der Waals surface area contributed by atoms with E-state index in [0.717, 1.165) is 60.6 Å². The lowest BCUT2D eigenvalue weighted by Crippen LogP contribution is -2.30. The summed E-state index contributed by atoms with van der Waals surface area (Å²) in [5, 5.41) is 7.86. The summed E-state index contributed by atoms with van der Waals surface area (Å²) in [6, 6.07) is 6.34. The second kappa shape index (κ2) is 11.0. The smallest absolute Gasteiger partial charge is 0.133 e. The van der Waals surface area contributed by atoms with Crippen LogP contribution in [0.5, 0.6) is 5.75 Å². The molecule has 0 fully saturated rings. The average Bonchev–Trinajstić information content (AvgIpc) is 3.14. The zero-order chi connectivity index (χ0) is 19.8. The molecule has 1 aromatic carbocycles. The van der Waals surface area contributed by atoms with Gasteiger partial charge in [-0.1, -0.05) is 52.4 Å². The number of hydrogen-bond acceptors (Lipinski definition) is 3. The SMILES string of the molecule is CCCCCCCCCOc1ccc(-c2n[nH]c3c2CN(CC)CC3)cc1Br. The molecular weight excluding hydrogens is 414 g/mol. The second-order valence-corrected chi connectivity index (χ2v) is 8.62. The lowest BCUT2D eigenvalue weighted by molar-refractivity contribution is 0.267. The van der Waals surface area contributed by atoms with Crippen molar-refractivity contribution in [3.05, 3.63) is 33.9 Å². The van der Waals surface area contributed by atoms with Gasteiger partial charge in [0.25, 0.3) is 0 Å². The van der Waals surface area contributed by atoms with Gasteiger partial charge in [0.1, 0.15) is 5.75 Å². The van der Waals surface area contributed by atoms with Gasteiger partial charge in [-0.3, -0.25) is 10.00 Å². The quantitative estimate of drug-likeness (QED) is 0.408. The van der Waals surface area contributed by atoms with Crippen LogP contribution in [0.3, 0.4) is 0 Å². The number of fused-ring (bicyclic) bond motifs is 1. The molecule has 154 valence electrons. The Morgan fingerprint density at radius 2 is 1.89 bits per heavy atom. The Morgan fingerprint density at radius 3 is 2.64 bits per heavy atom. The average molecular weight is 448 g/mol. The molecule has 0 amide bonds. The van der Waals surface area contributed by atoms with Crippen LogP contribution in [0.2, 0.25) is 0 Å². The van der Waals surface area contributed by atoms with Crippen LogP contribution in [0.25, 0.3) is 11.3 Å². The Labute approximate surface area is 178 Å². The normalized spacial score (nSPS) is 14.2. The number of rotatable bonds is 11. The van der Waals surface area contributed by atoms with E-state index in [9.17, 15) is 0 Å². The minimum Gasteiger partial charge on any atom is -0.492 e. The molecule has 28 heavy (non-hydrogen) atoms. The molecule has 3 rings (SSSR count). The highest BCUT2D eigenvalue weighted by Gasteiger charge is 2.22. The first-order chi connectivity index (χ1) is 13.7. The van der Waals surface area contributed by atoms with Crippen LogP contribution < -0.4 is 4.74 Å². The van der Waals surface area contributed by atoms with Crippen molar-refractivity contribution in [2.24, 2.45) is 0 Å². The van der Waals surface area contributed by atoms with Gasteiger partial charge in [0.05, 0.1) is 16.8 Å². The van der Waals surface area contributed by atoms with Crippen molar-refractivity contribution in [3.63, 3.8) is 0 Å². The number of halogens is 1. The minimum absolute atomic E-state index is 0.787. The molecule has 0 spiro atoms. The Balaban J connectivity index is 1.53. The third kappa shape index (κ3) is 5.60. The van der Waals surface area contributed by atoms with Gasteiger partial charge in [-0.2, -0.15) is 5.10 Å². The van der Waals surface area contributed by atoms with Crippen molar-refractivity contribution in [2.75, 3.05) is 19.7 Å². The summed E-state index contributed by atoms with van der Waals surface area (Å²) in [5.41, 5.74) is 4.85. The first-order valence-corrected chi connectivity index (χ1v) is 11.7. The molecule has 0 bridgehead atoms. The fourth-order valence-corrected chi connectivity index (χ4v) is 4.36. The lowest BCUT2D eigenvalue weighted by Gasteiger charge is -2.25. The molecule has 1 N–H and O–H groups in total. The van der Waals surface area contributed by atoms with E-state index in [2.05, 4.69) is 63.1 Å². The highest BCUT2D eigenvalue weighted by molar-refractivity contribution is 9.10. The molecule has 1 aliphatic heterocycles. The van der Waals surface area contributed by atoms with E-state index in [1.165, 1.54) is 49.8 Å². The number of H-pyrrole nitrogens is 1. The van der Waals surface area contributed by atoms with Crippen LogP contribution in [0.15, 0.2) is 22.7 Å². The standard InChI is InChI=1S/C23H34BrN3O/c1-3-5-6-7-8-9-10-15-28-22-12-11-18(16-20(22)24)23-19-17-27(4-2)14-13-21(19)25-26-23/h11-12,16H,3-10,13-15,17H2,1-2H3,(H,25,26). The van der Waals surface area contributed by atoms with Gasteiger partial charge < -0.3 is 4.74 Å². The predicted molar refractivity (Wildman–Crippen MR) is 120 cm³/mol. The third-order valence-electron chi connectivity index (χ3n) is 5.67. The van der Waals surface area contributed by atoms with Crippen LogP contribution in [-0.4, -0.2) is 34.8 Å². The van der Waals surface area contributed by atoms with Crippen molar-refractivity contribution in [1.82, 2.24) is 15.1 Å². The molecule has 0 radical (unpaired) electrons. The zero-order valence-corrected chi connectivity index (χ0v) is 19.0. The van der Waals surface area contributed by atoms with E-state index in [1.807, 2.05) is 0 Å². The molecule has 1 aliphatic rings. The number of nitrogens with zero attached hydrogens (tertiary/aromatic N) is 2. The number of likely N-dealkylation sites (N-methyl/N-ethyl adjacent to an activating group) is 1. The zero-order valence-electron chi connectivity index (χ0n) is 17.4. The Morgan fingerprint density at radius 1 is 1.11 bits per heavy atom. The van der Waals surface area contributed by atoms with Crippen molar-refractivity contribution >= 4 is 15.9 Å². The first-order valence-electron chi connectivity index (χ1n) is 10.9. The van der Waals surface area contributed by atoms with Gasteiger partial charge >= 0.3 is 0 Å². The summed E-state index contributed by atoms with van der Waals surface area (Å²) >= 11 is 3.69. The van der Waals surface area contributed by atoms with Gasteiger partial charge in [0.2, 0.25) is 0 Å². The molecule has 0 atom stereocenters. The van der Waals surface area contributed by atoms with Crippen LogP contribution in [0.4, 0.5) is 0 Å². The van der Waals surface area contributed by atoms with Gasteiger partial charge in [0.15, 0.2) is 0 Å². The van der Waals surface area contributed by atoms with E-state index in [4.69, 9.17) is 4.74 Å². The maximum Gasteiger partial charge on any atom is 0.133 e. The summed E-state index contributed by atoms with van der Waals surface area (Å²) in [6.45, 7) is 8.44. The highest BCUT2D eigenvalue weighted by Crippen LogP contribution is 2.33. The van der Waals surface area contributed by atoms with Gasteiger partial charge in [-0.05, 0) is 47.1 Å². The number of ether oxygens (including phenoxy) is 1. The number of benzene rings is 1. The van der Waals surface area contributed by atoms with Gasteiger partial charge in [0, 0.05) is 36.3 Å². The van der Waals surface area contributed by atoms with Crippen molar-refractivity contribution in [3.8, 4) is 17.0 Å². The molecule has 2 aromatic rings. The third-order valence-corrected chi connectivity index (χ3v) is 6.29. The fourth-order valence-electron chi connectivity index (χ4n) is 3.87. The summed E-state index contributed by atoms with van der Waals surface area (Å²) in [5.74, 6) is 0.925. The van der Waals surface area contributed by atoms with Crippen molar-refractivity contribution < 1.29 is 4.74 Å². The molecule has 0 saturated heterocycles. The topological polar surface area (TPSA) is 41.1 Å². The summed E-state index contributed by atoms with van der Waals surface area (Å²) in [7, 11) is 0. The van der Waals surface area contributed by atoms with Crippen LogP contribution in [-0.2, 0) is 13.0 Å². The minimum atomic E-state index is 0.787. The number of hydrogen-bond donors (Lipinski definition) is 1. The maximum atomic E-state index is 6.00. The first kappa shape index (κ1) is 21.4. The summed E-state index contributed by atoms with van der Waals surface area (Å²) in [4.78, 5) is 2.47. The highest BCUT2D eigenvalue weighted by atomic mass is 79.9. The van der Waals surface area contributed by atoms with E-state index < -0.39 is 0 Å². The Bertz CT molecular complexity index is 743. The number of aromatic nitrogens is 2. The lowest BCUT2D eigenvalue weighted by atomic mass is 10.0. The summed E-state index contributed by atoms with van der Waals surface area (Å²) < 4.78 is 7.01. The molecule has 1 aromatic heterocycles. The van der Waals surface area contributed by atoms with Crippen LogP contribution in [0, 0.1) is 0 Å². The summed E-state index contributed by atoms with van der Waals surface area (Å²) in [6.07, 6.45) is 10.2. The number of nitrogens with one attached hydrogen (secondary N) is 1. The molecule has 4 nitrogen and oxygen atoms in total. The molecular formula is C23H34BrN3O. The number of aromatic amines is 1. The van der Waals surface area contributed by atoms with Gasteiger partial charge in [-0.25, -0.2) is 0 Å². The number of unbranched alkanes of at least 4 members (excludes halogenated alkanes) is 6. The molecule has 0 unspecified atom stereocenters. The Hall–Kier alpha value is -1.33. The second-order valence-electron chi connectivity index (χ2n) is 7.76. The van der Waals surface area contributed by atoms with Gasteiger partial charge in [-0.15, -0.1) is 0 Å². The van der Waals surface area contributed by atoms with Crippen molar-refractivity contribution in [2.45, 2.75) is 71.8 Å². The molecule has 5 heteroatoms. The van der Waals surface area contributed by atoms with Crippen molar-refractivity contribution in [1.29, 1.82) is 0 Å². The Kier molecular flexibility index (Phi) is 8.41. The molecule has 0 aliphatic carbocycles.